The number of benzene rings is 2. The third kappa shape index (κ3) is 6.83. The Morgan fingerprint density at radius 2 is 2.00 bits per heavy atom. The van der Waals surface area contributed by atoms with Crippen molar-refractivity contribution >= 4 is 12.2 Å². The average molecular weight is 571 g/mol. The number of nitrogens with zero attached hydrogens (tertiary/aromatic N) is 1. The topological polar surface area (TPSA) is 141 Å². The molecular weight excluding hydrogens is 528 g/mol. The fraction of sp³-hybridized carbons (Fsp3) is 0.548. The number of fused-ring (bicyclic) bond motifs is 1. The normalized spacial score (nSPS) is 24.8. The van der Waals surface area contributed by atoms with Crippen molar-refractivity contribution < 1.29 is 38.9 Å². The molecule has 1 saturated carbocycles. The quantitative estimate of drug-likeness (QED) is 0.405. The number of aliphatic hydroxyl groups excluding tert-OH is 2. The van der Waals surface area contributed by atoms with Crippen molar-refractivity contribution in [1.82, 2.24) is 5.06 Å². The number of carbonyl (C=O) groups excluding carboxylic acids is 2. The molecule has 3 aliphatic rings. The monoisotopic (exact) mass is 570 g/mol. The van der Waals surface area contributed by atoms with Crippen molar-refractivity contribution in [3.05, 3.63) is 41.5 Å². The van der Waals surface area contributed by atoms with Gasteiger partial charge in [-0.1, -0.05) is 51.8 Å². The summed E-state index contributed by atoms with van der Waals surface area (Å²) in [6.45, 7) is 6.58. The van der Waals surface area contributed by atoms with E-state index in [0.717, 1.165) is 5.92 Å². The lowest BCUT2D eigenvalue weighted by Gasteiger charge is -2.33. The zero-order valence-corrected chi connectivity index (χ0v) is 24.3. The molecule has 2 aliphatic heterocycles. The molecule has 41 heavy (non-hydrogen) atoms. The van der Waals surface area contributed by atoms with E-state index < -0.39 is 24.0 Å². The number of rotatable bonds is 8. The van der Waals surface area contributed by atoms with Crippen LogP contribution in [0.2, 0.25) is 0 Å². The second-order valence-electron chi connectivity index (χ2n) is 11.9. The molecule has 1 saturated heterocycles. The summed E-state index contributed by atoms with van der Waals surface area (Å²) in [4.78, 5) is 29.3. The van der Waals surface area contributed by atoms with Crippen molar-refractivity contribution in [3.8, 4) is 28.4 Å². The van der Waals surface area contributed by atoms with Crippen LogP contribution >= 0.6 is 0 Å². The number of nitrogens with two attached hydrogens (primary N) is 1. The van der Waals surface area contributed by atoms with Crippen LogP contribution in [0.3, 0.4) is 0 Å². The summed E-state index contributed by atoms with van der Waals surface area (Å²) < 4.78 is 16.5. The van der Waals surface area contributed by atoms with Crippen molar-refractivity contribution in [2.45, 2.75) is 65.1 Å². The van der Waals surface area contributed by atoms with Gasteiger partial charge in [0.1, 0.15) is 17.9 Å². The van der Waals surface area contributed by atoms with Crippen LogP contribution in [0, 0.1) is 17.3 Å². The van der Waals surface area contributed by atoms with Crippen LogP contribution in [0.5, 0.6) is 17.2 Å². The molecule has 224 valence electrons. The predicted molar refractivity (Wildman–Crippen MR) is 152 cm³/mol. The Hall–Kier alpha value is -3.18. The van der Waals surface area contributed by atoms with Crippen LogP contribution < -0.4 is 19.9 Å². The summed E-state index contributed by atoms with van der Waals surface area (Å²) in [5.41, 5.74) is 8.62. The van der Waals surface area contributed by atoms with Gasteiger partial charge in [-0.25, -0.2) is 0 Å². The first-order valence-electron chi connectivity index (χ1n) is 14.1. The highest BCUT2D eigenvalue weighted by molar-refractivity contribution is 5.87. The summed E-state index contributed by atoms with van der Waals surface area (Å²) in [5, 5.41) is 20.6. The van der Waals surface area contributed by atoms with E-state index in [1.807, 2.05) is 6.07 Å². The number of carbonyl (C=O) groups is 2. The molecule has 5 rings (SSSR count). The Morgan fingerprint density at radius 1 is 1.22 bits per heavy atom. The number of hydroxylamine groups is 2. The van der Waals surface area contributed by atoms with Gasteiger partial charge in [0.25, 0.3) is 0 Å². The number of methoxy groups -OCH3 is 1. The Bertz CT molecular complexity index is 1230. The molecule has 0 aromatic heterocycles. The average Bonchev–Trinajstić information content (AvgIpc) is 3.56. The highest BCUT2D eigenvalue weighted by Gasteiger charge is 2.46. The number of para-hydroxylation sites is 1. The molecular formula is C31H42N2O8. The van der Waals surface area contributed by atoms with Crippen LogP contribution in [0.4, 0.5) is 0 Å². The first-order chi connectivity index (χ1) is 19.6. The highest BCUT2D eigenvalue weighted by atomic mass is 16.7. The molecule has 0 bridgehead atoms. The van der Waals surface area contributed by atoms with Crippen LogP contribution in [0.1, 0.15) is 62.4 Å². The Balaban J connectivity index is 0.000000367. The minimum absolute atomic E-state index is 0.0374. The maximum absolute atomic E-state index is 12.1. The van der Waals surface area contributed by atoms with E-state index in [9.17, 15) is 19.8 Å². The minimum atomic E-state index is -0.919. The fourth-order valence-corrected chi connectivity index (χ4v) is 6.31. The number of primary amides is 1. The largest absolute Gasteiger partial charge is 0.496 e. The molecule has 2 fully saturated rings. The number of hydrogen-bond donors (Lipinski definition) is 3. The lowest BCUT2D eigenvalue weighted by molar-refractivity contribution is -0.180. The molecule has 2 aromatic rings. The second kappa shape index (κ2) is 13.2. The molecule has 0 radical (unpaired) electrons. The van der Waals surface area contributed by atoms with Gasteiger partial charge < -0.3 is 30.2 Å². The van der Waals surface area contributed by atoms with Crippen molar-refractivity contribution in [3.63, 3.8) is 0 Å². The number of amides is 1. The van der Waals surface area contributed by atoms with Gasteiger partial charge in [0.2, 0.25) is 12.7 Å². The fourth-order valence-electron chi connectivity index (χ4n) is 6.31. The number of ether oxygens (including phenoxy) is 3. The van der Waals surface area contributed by atoms with E-state index in [1.165, 1.54) is 37.9 Å². The third-order valence-corrected chi connectivity index (χ3v) is 8.16. The highest BCUT2D eigenvalue weighted by Crippen LogP contribution is 2.43. The van der Waals surface area contributed by atoms with Gasteiger partial charge in [-0.15, -0.1) is 0 Å². The van der Waals surface area contributed by atoms with E-state index in [-0.39, 0.29) is 26.6 Å². The standard InChI is InChI=1S/C22H24N2O8.C9H18/c1-29-20-12(7-24-19(22(23)28)16(9-26)18(10-27)32-24)3-2-4-15(20)13-5-14(8-25)21-17(6-13)30-11-31-21;1-8-5-4-6-9(2,3)7-8/h2-6,8,16,18-19,26-27H,7,9-11H2,1H3,(H2,23,28);8H,4-7H2,1-3H3. The SMILES string of the molecule is CC1CCCC(C)(C)C1.COc1c(CN2OC(CO)C(CO)C2C(N)=O)cccc1-c1cc(C=O)c2c(c1)OCO2. The summed E-state index contributed by atoms with van der Waals surface area (Å²) >= 11 is 0. The molecule has 1 aliphatic carbocycles. The molecule has 4 unspecified atom stereocenters. The van der Waals surface area contributed by atoms with Crippen molar-refractivity contribution in [2.24, 2.45) is 23.0 Å². The van der Waals surface area contributed by atoms with E-state index in [0.29, 0.717) is 51.2 Å². The smallest absolute Gasteiger partial charge is 0.237 e. The lowest BCUT2D eigenvalue weighted by Crippen LogP contribution is -2.44. The zero-order valence-electron chi connectivity index (χ0n) is 24.3. The van der Waals surface area contributed by atoms with E-state index in [1.54, 1.807) is 24.3 Å². The van der Waals surface area contributed by atoms with Gasteiger partial charge in [-0.3, -0.25) is 14.4 Å². The number of aliphatic hydroxyl groups is 2. The van der Waals surface area contributed by atoms with Gasteiger partial charge in [-0.05, 0) is 41.9 Å². The summed E-state index contributed by atoms with van der Waals surface area (Å²) in [7, 11) is 1.51. The van der Waals surface area contributed by atoms with E-state index in [2.05, 4.69) is 20.8 Å². The van der Waals surface area contributed by atoms with Crippen molar-refractivity contribution in [2.75, 3.05) is 27.1 Å². The Kier molecular flexibility index (Phi) is 9.91. The Morgan fingerprint density at radius 3 is 2.59 bits per heavy atom. The molecule has 4 atom stereocenters. The van der Waals surface area contributed by atoms with Gasteiger partial charge in [0.05, 0.1) is 32.4 Å². The molecule has 4 N–H and O–H groups in total. The van der Waals surface area contributed by atoms with Gasteiger partial charge in [0.15, 0.2) is 17.8 Å². The van der Waals surface area contributed by atoms with Crippen LogP contribution in [-0.2, 0) is 16.2 Å². The molecule has 2 aromatic carbocycles. The van der Waals surface area contributed by atoms with Crippen LogP contribution in [-0.4, -0.2) is 66.7 Å². The summed E-state index contributed by atoms with van der Waals surface area (Å²) in [6.07, 6.45) is 5.74. The van der Waals surface area contributed by atoms with Crippen molar-refractivity contribution in [1.29, 1.82) is 0 Å². The second-order valence-corrected chi connectivity index (χ2v) is 11.9. The van der Waals surface area contributed by atoms with Gasteiger partial charge >= 0.3 is 0 Å². The summed E-state index contributed by atoms with van der Waals surface area (Å²) in [6, 6.07) is 7.97. The molecule has 0 spiro atoms. The molecule has 10 heteroatoms. The first kappa shape index (κ1) is 30.8. The van der Waals surface area contributed by atoms with E-state index >= 15 is 0 Å². The first-order valence-corrected chi connectivity index (χ1v) is 14.1. The maximum Gasteiger partial charge on any atom is 0.237 e. The van der Waals surface area contributed by atoms with Gasteiger partial charge in [0, 0.05) is 17.0 Å². The van der Waals surface area contributed by atoms with E-state index in [4.69, 9.17) is 24.8 Å². The number of hydrogen-bond acceptors (Lipinski definition) is 9. The van der Waals surface area contributed by atoms with Crippen LogP contribution in [0.25, 0.3) is 11.1 Å². The number of aldehydes is 1. The third-order valence-electron chi connectivity index (χ3n) is 8.16. The van der Waals surface area contributed by atoms with Gasteiger partial charge in [-0.2, -0.15) is 5.06 Å². The summed E-state index contributed by atoms with van der Waals surface area (Å²) in [5.74, 6) is 1.03. The van der Waals surface area contributed by atoms with Crippen LogP contribution in [0.15, 0.2) is 30.3 Å². The Labute approximate surface area is 241 Å². The maximum atomic E-state index is 12.1. The molecule has 10 nitrogen and oxygen atoms in total. The minimum Gasteiger partial charge on any atom is -0.496 e. The zero-order chi connectivity index (χ0) is 29.7. The lowest BCUT2D eigenvalue weighted by atomic mass is 9.73. The molecule has 1 amide bonds. The predicted octanol–water partition coefficient (Wildman–Crippen LogP) is 3.70. The molecule has 2 heterocycles.